The summed E-state index contributed by atoms with van der Waals surface area (Å²) in [6.07, 6.45) is 4.95. The van der Waals surface area contributed by atoms with Gasteiger partial charge in [-0.1, -0.05) is 6.07 Å². The van der Waals surface area contributed by atoms with Gasteiger partial charge < -0.3 is 30.0 Å². The van der Waals surface area contributed by atoms with E-state index in [0.29, 0.717) is 28.1 Å². The molecule has 1 heterocycles. The van der Waals surface area contributed by atoms with Crippen molar-refractivity contribution in [1.29, 1.82) is 0 Å². The third-order valence-electron chi connectivity index (χ3n) is 5.61. The van der Waals surface area contributed by atoms with Gasteiger partial charge in [-0.15, -0.1) is 0 Å². The van der Waals surface area contributed by atoms with Crippen molar-refractivity contribution in [2.75, 3.05) is 26.1 Å². The van der Waals surface area contributed by atoms with Crippen LogP contribution >= 0.6 is 0 Å². The summed E-state index contributed by atoms with van der Waals surface area (Å²) < 4.78 is 30.4. The second-order valence-electron chi connectivity index (χ2n) is 8.01. The van der Waals surface area contributed by atoms with E-state index < -0.39 is 24.4 Å². The van der Waals surface area contributed by atoms with E-state index in [1.54, 1.807) is 36.5 Å². The number of carbonyl (C=O) groups is 2. The first-order valence-corrected chi connectivity index (χ1v) is 11.1. The van der Waals surface area contributed by atoms with E-state index in [-0.39, 0.29) is 17.2 Å². The lowest BCUT2D eigenvalue weighted by atomic mass is 10.00. The normalized spacial score (nSPS) is 13.2. The first kappa shape index (κ1) is 25.2. The average Bonchev–Trinajstić information content (AvgIpc) is 3.12. The highest BCUT2D eigenvalue weighted by Gasteiger charge is 2.26. The molecule has 3 N–H and O–H groups in total. The van der Waals surface area contributed by atoms with Gasteiger partial charge in [0.15, 0.2) is 18.1 Å². The number of hydrogen-bond donors (Lipinski definition) is 3. The van der Waals surface area contributed by atoms with Crippen LogP contribution in [0.25, 0.3) is 17.3 Å². The molecule has 1 aliphatic rings. The molecule has 1 aliphatic carbocycles. The van der Waals surface area contributed by atoms with Crippen molar-refractivity contribution in [1.82, 2.24) is 10.3 Å². The maximum Gasteiger partial charge on any atom is 0.341 e. The molecule has 0 bridgehead atoms. The minimum absolute atomic E-state index is 0.158. The van der Waals surface area contributed by atoms with Crippen LogP contribution in [0.3, 0.4) is 0 Å². The number of carboxylic acids is 1. The van der Waals surface area contributed by atoms with E-state index in [1.807, 2.05) is 13.0 Å². The molecule has 0 unspecified atom stereocenters. The molecule has 2 amide bonds. The van der Waals surface area contributed by atoms with Crippen LogP contribution in [-0.2, 0) is 4.79 Å². The van der Waals surface area contributed by atoms with Gasteiger partial charge in [-0.05, 0) is 71.7 Å². The largest absolute Gasteiger partial charge is 0.493 e. The number of nitrogens with zero attached hydrogens (tertiary/aromatic N) is 1. The monoisotopic (exact) mass is 505 g/mol. The number of fused-ring (bicyclic) bond motifs is 1. The van der Waals surface area contributed by atoms with Crippen LogP contribution in [0.15, 0.2) is 60.4 Å². The fraction of sp³-hybridized carbons (Fsp3) is 0.148. The summed E-state index contributed by atoms with van der Waals surface area (Å²) >= 11 is 0. The predicted octanol–water partition coefficient (Wildman–Crippen LogP) is 4.81. The fourth-order valence-corrected chi connectivity index (χ4v) is 3.98. The number of benzene rings is 2. The molecule has 0 atom stereocenters. The number of halogens is 1. The molecule has 2 aromatic carbocycles. The number of aliphatic carboxylic acids is 1. The quantitative estimate of drug-likeness (QED) is 0.402. The second-order valence-corrected chi connectivity index (χ2v) is 8.01. The van der Waals surface area contributed by atoms with Gasteiger partial charge in [0.1, 0.15) is 5.82 Å². The number of hydrogen-bond acceptors (Lipinski definition) is 6. The van der Waals surface area contributed by atoms with Crippen LogP contribution in [0.2, 0.25) is 0 Å². The van der Waals surface area contributed by atoms with Gasteiger partial charge in [0.2, 0.25) is 5.75 Å². The van der Waals surface area contributed by atoms with E-state index in [4.69, 9.17) is 19.3 Å². The van der Waals surface area contributed by atoms with Gasteiger partial charge in [0, 0.05) is 11.8 Å². The lowest BCUT2D eigenvalue weighted by Crippen LogP contribution is -2.27. The van der Waals surface area contributed by atoms with Crippen molar-refractivity contribution in [3.63, 3.8) is 0 Å². The van der Waals surface area contributed by atoms with Crippen LogP contribution in [0.5, 0.6) is 17.2 Å². The summed E-state index contributed by atoms with van der Waals surface area (Å²) in [4.78, 5) is 27.6. The van der Waals surface area contributed by atoms with Crippen LogP contribution in [0.4, 0.5) is 14.9 Å². The Morgan fingerprint density at radius 3 is 2.41 bits per heavy atom. The number of pyridine rings is 1. The van der Waals surface area contributed by atoms with E-state index >= 15 is 0 Å². The molecule has 0 spiro atoms. The fourth-order valence-electron chi connectivity index (χ4n) is 3.98. The smallest absolute Gasteiger partial charge is 0.341 e. The summed E-state index contributed by atoms with van der Waals surface area (Å²) in [5.41, 5.74) is 4.34. The number of allylic oxidation sites excluding steroid dienone is 2. The molecule has 0 radical (unpaired) electrons. The summed E-state index contributed by atoms with van der Waals surface area (Å²) in [5.74, 6) is -0.868. The van der Waals surface area contributed by atoms with E-state index in [9.17, 15) is 14.0 Å². The standard InChI is InChI=1S/C27H24FN3O6/c1-15-20(9-16-10-22(35-2)26(23(11-16)36-3)37-14-24(32)33)19-7-6-17(28)12-21(19)25(15)31-27(34)30-18-5-4-8-29-13-18/h4-13H,14H2,1-3H3,(H,32,33)(H2,30,31,34). The van der Waals surface area contributed by atoms with Gasteiger partial charge in [-0.3, -0.25) is 4.98 Å². The van der Waals surface area contributed by atoms with Crippen LogP contribution < -0.4 is 24.8 Å². The lowest BCUT2D eigenvalue weighted by molar-refractivity contribution is -0.139. The molecular formula is C27H24FN3O6. The first-order chi connectivity index (χ1) is 17.8. The third-order valence-corrected chi connectivity index (χ3v) is 5.61. The number of urea groups is 1. The number of anilines is 1. The molecule has 37 heavy (non-hydrogen) atoms. The summed E-state index contributed by atoms with van der Waals surface area (Å²) in [6, 6.07) is 10.6. The number of nitrogens with one attached hydrogen (secondary N) is 2. The number of rotatable bonds is 8. The highest BCUT2D eigenvalue weighted by atomic mass is 19.1. The number of methoxy groups -OCH3 is 2. The minimum atomic E-state index is -1.14. The van der Waals surface area contributed by atoms with Crippen molar-refractivity contribution in [3.05, 3.63) is 82.9 Å². The number of aromatic nitrogens is 1. The van der Waals surface area contributed by atoms with E-state index in [0.717, 1.165) is 11.1 Å². The molecule has 3 aromatic rings. The van der Waals surface area contributed by atoms with E-state index in [2.05, 4.69) is 15.6 Å². The van der Waals surface area contributed by atoms with Crippen molar-refractivity contribution >= 4 is 35.0 Å². The minimum Gasteiger partial charge on any atom is -0.493 e. The predicted molar refractivity (Wildman–Crippen MR) is 136 cm³/mol. The zero-order valence-corrected chi connectivity index (χ0v) is 20.3. The zero-order valence-electron chi connectivity index (χ0n) is 20.3. The highest BCUT2D eigenvalue weighted by molar-refractivity contribution is 6.08. The van der Waals surface area contributed by atoms with Crippen LogP contribution in [-0.4, -0.2) is 42.9 Å². The Labute approximate surface area is 212 Å². The van der Waals surface area contributed by atoms with Gasteiger partial charge in [-0.25, -0.2) is 14.0 Å². The number of amides is 2. The maximum absolute atomic E-state index is 14.2. The van der Waals surface area contributed by atoms with Gasteiger partial charge in [0.05, 0.1) is 31.8 Å². The van der Waals surface area contributed by atoms with Crippen molar-refractivity contribution in [3.8, 4) is 17.2 Å². The Bertz CT molecular complexity index is 1390. The van der Waals surface area contributed by atoms with Crippen molar-refractivity contribution in [2.45, 2.75) is 6.92 Å². The van der Waals surface area contributed by atoms with Crippen molar-refractivity contribution < 1.29 is 33.3 Å². The third kappa shape index (κ3) is 5.53. The number of carboxylic acid groups (broad SMARTS) is 1. The Morgan fingerprint density at radius 1 is 1.05 bits per heavy atom. The molecule has 10 heteroatoms. The van der Waals surface area contributed by atoms with Gasteiger partial charge in [-0.2, -0.15) is 0 Å². The van der Waals surface area contributed by atoms with Crippen molar-refractivity contribution in [2.24, 2.45) is 0 Å². The Kier molecular flexibility index (Phi) is 7.38. The Hall–Kier alpha value is -4.86. The highest BCUT2D eigenvalue weighted by Crippen LogP contribution is 2.43. The number of carbonyl (C=O) groups excluding carboxylic acids is 1. The van der Waals surface area contributed by atoms with Crippen LogP contribution in [0, 0.1) is 5.82 Å². The summed E-state index contributed by atoms with van der Waals surface area (Å²) in [6.45, 7) is 1.26. The Morgan fingerprint density at radius 2 is 1.78 bits per heavy atom. The van der Waals surface area contributed by atoms with Gasteiger partial charge >= 0.3 is 12.0 Å². The molecular weight excluding hydrogens is 481 g/mol. The Balaban J connectivity index is 1.73. The first-order valence-electron chi connectivity index (χ1n) is 11.1. The molecule has 0 fully saturated rings. The zero-order chi connectivity index (χ0) is 26.5. The summed E-state index contributed by atoms with van der Waals surface area (Å²) in [5, 5.41) is 14.5. The molecule has 1 aromatic heterocycles. The molecule has 0 saturated heterocycles. The molecule has 9 nitrogen and oxygen atoms in total. The van der Waals surface area contributed by atoms with E-state index in [1.165, 1.54) is 32.5 Å². The molecule has 0 aliphatic heterocycles. The molecule has 4 rings (SSSR count). The maximum atomic E-state index is 14.2. The number of ether oxygens (including phenoxy) is 3. The lowest BCUT2D eigenvalue weighted by Gasteiger charge is -2.15. The molecule has 0 saturated carbocycles. The topological polar surface area (TPSA) is 119 Å². The second kappa shape index (κ2) is 10.8. The average molecular weight is 506 g/mol. The SMILES string of the molecule is COc1cc(C=C2C(C)=C(NC(=O)Nc3cccnc3)c3cc(F)ccc32)cc(OC)c1OCC(=O)O. The molecule has 190 valence electrons. The van der Waals surface area contributed by atoms with Crippen LogP contribution in [0.1, 0.15) is 23.6 Å². The summed E-state index contributed by atoms with van der Waals surface area (Å²) in [7, 11) is 2.86. The van der Waals surface area contributed by atoms with Gasteiger partial charge in [0.25, 0.3) is 0 Å².